The number of fused-ring (bicyclic) bond motifs is 1. The number of hydrogen-bond acceptors (Lipinski definition) is 3. The Morgan fingerprint density at radius 2 is 2.06 bits per heavy atom. The number of benzene rings is 1. The third-order valence-corrected chi connectivity index (χ3v) is 2.50. The Morgan fingerprint density at radius 3 is 2.88 bits per heavy atom. The van der Waals surface area contributed by atoms with Gasteiger partial charge in [0.05, 0.1) is 5.52 Å². The minimum Gasteiger partial charge on any atom is -0.396 e. The maximum Gasteiger partial charge on any atom is 0.165 e. The molecule has 1 aromatic heterocycles. The van der Waals surface area contributed by atoms with Gasteiger partial charge in [-0.15, -0.1) is 0 Å². The first-order valence-electron chi connectivity index (χ1n) is 5.31. The summed E-state index contributed by atoms with van der Waals surface area (Å²) < 4.78 is 0. The number of carbonyl (C=O) groups is 1. The highest BCUT2D eigenvalue weighted by Crippen LogP contribution is 2.17. The summed E-state index contributed by atoms with van der Waals surface area (Å²) in [5.74, 6) is 0.0401. The lowest BCUT2D eigenvalue weighted by atomic mass is 10.0. The molecule has 0 aliphatic rings. The number of Topliss-reactive ketones (excluding diaryl/α,β-unsaturated/α-hetero) is 1. The number of aliphatic hydroxyl groups is 1. The summed E-state index contributed by atoms with van der Waals surface area (Å²) in [7, 11) is 0. The summed E-state index contributed by atoms with van der Waals surface area (Å²) in [5, 5.41) is 9.68. The Balaban J connectivity index is 2.40. The number of carbonyl (C=O) groups excluding carboxylic acids is 1. The van der Waals surface area contributed by atoms with Gasteiger partial charge < -0.3 is 5.11 Å². The van der Waals surface area contributed by atoms with Crippen molar-refractivity contribution in [2.75, 3.05) is 6.61 Å². The van der Waals surface area contributed by atoms with Crippen LogP contribution in [0.2, 0.25) is 0 Å². The standard InChI is InChI=1S/C13H13NO2/c15-9-3-7-12(16)11-6-1-4-10-5-2-8-14-13(10)11/h1-2,4-6,8,15H,3,7,9H2. The highest BCUT2D eigenvalue weighted by atomic mass is 16.3. The Labute approximate surface area is 93.7 Å². The number of rotatable bonds is 4. The van der Waals surface area contributed by atoms with Crippen molar-refractivity contribution in [2.45, 2.75) is 12.8 Å². The molecule has 0 radical (unpaired) electrons. The number of hydrogen-bond donors (Lipinski definition) is 1. The molecule has 1 aromatic carbocycles. The number of ketones is 1. The van der Waals surface area contributed by atoms with Gasteiger partial charge in [-0.1, -0.05) is 18.2 Å². The SMILES string of the molecule is O=C(CCCO)c1cccc2cccnc12. The van der Waals surface area contributed by atoms with Crippen molar-refractivity contribution in [1.29, 1.82) is 0 Å². The van der Waals surface area contributed by atoms with Crippen molar-refractivity contribution < 1.29 is 9.90 Å². The van der Waals surface area contributed by atoms with E-state index in [1.54, 1.807) is 12.3 Å². The number of para-hydroxylation sites is 1. The van der Waals surface area contributed by atoms with E-state index in [0.717, 1.165) is 10.9 Å². The summed E-state index contributed by atoms with van der Waals surface area (Å²) in [6.07, 6.45) is 2.55. The second kappa shape index (κ2) is 4.86. The molecule has 0 aliphatic heterocycles. The molecule has 3 nitrogen and oxygen atoms in total. The van der Waals surface area contributed by atoms with E-state index in [9.17, 15) is 4.79 Å². The molecule has 1 N–H and O–H groups in total. The van der Waals surface area contributed by atoms with Crippen molar-refractivity contribution in [3.8, 4) is 0 Å². The lowest BCUT2D eigenvalue weighted by Crippen LogP contribution is -2.02. The second-order valence-corrected chi connectivity index (χ2v) is 3.63. The largest absolute Gasteiger partial charge is 0.396 e. The summed E-state index contributed by atoms with van der Waals surface area (Å²) in [4.78, 5) is 16.1. The number of pyridine rings is 1. The van der Waals surface area contributed by atoms with Crippen LogP contribution in [-0.2, 0) is 0 Å². The van der Waals surface area contributed by atoms with Crippen LogP contribution < -0.4 is 0 Å². The first-order valence-corrected chi connectivity index (χ1v) is 5.31. The predicted octanol–water partition coefficient (Wildman–Crippen LogP) is 2.19. The van der Waals surface area contributed by atoms with E-state index in [0.29, 0.717) is 18.4 Å². The summed E-state index contributed by atoms with van der Waals surface area (Å²) in [5.41, 5.74) is 1.39. The molecule has 1 heterocycles. The molecule has 0 unspecified atom stereocenters. The Morgan fingerprint density at radius 1 is 1.25 bits per heavy atom. The fourth-order valence-corrected chi connectivity index (χ4v) is 1.70. The van der Waals surface area contributed by atoms with E-state index in [4.69, 9.17) is 5.11 Å². The molecule has 0 amide bonds. The van der Waals surface area contributed by atoms with E-state index in [-0.39, 0.29) is 12.4 Å². The molecule has 82 valence electrons. The van der Waals surface area contributed by atoms with Gasteiger partial charge in [-0.2, -0.15) is 0 Å². The summed E-state index contributed by atoms with van der Waals surface area (Å²) >= 11 is 0. The molecule has 2 aromatic rings. The first kappa shape index (κ1) is 10.8. The summed E-state index contributed by atoms with van der Waals surface area (Å²) in [6, 6.07) is 9.37. The quantitative estimate of drug-likeness (QED) is 0.795. The van der Waals surface area contributed by atoms with Gasteiger partial charge in [-0.3, -0.25) is 9.78 Å². The van der Waals surface area contributed by atoms with Crippen molar-refractivity contribution in [2.24, 2.45) is 0 Å². The average Bonchev–Trinajstić information content (AvgIpc) is 2.35. The lowest BCUT2D eigenvalue weighted by molar-refractivity contribution is 0.0972. The van der Waals surface area contributed by atoms with Gasteiger partial charge in [-0.25, -0.2) is 0 Å². The third kappa shape index (κ3) is 2.09. The zero-order valence-corrected chi connectivity index (χ0v) is 8.89. The van der Waals surface area contributed by atoms with Crippen LogP contribution in [0.3, 0.4) is 0 Å². The van der Waals surface area contributed by atoms with E-state index in [2.05, 4.69) is 4.98 Å². The highest BCUT2D eigenvalue weighted by Gasteiger charge is 2.09. The van der Waals surface area contributed by atoms with E-state index in [1.807, 2.05) is 24.3 Å². The second-order valence-electron chi connectivity index (χ2n) is 3.63. The molecule has 0 spiro atoms. The summed E-state index contributed by atoms with van der Waals surface area (Å²) in [6.45, 7) is 0.0456. The van der Waals surface area contributed by atoms with E-state index >= 15 is 0 Å². The van der Waals surface area contributed by atoms with Crippen molar-refractivity contribution in [3.05, 3.63) is 42.1 Å². The lowest BCUT2D eigenvalue weighted by Gasteiger charge is -2.03. The van der Waals surface area contributed by atoms with Gasteiger partial charge in [0.1, 0.15) is 0 Å². The molecular formula is C13H13NO2. The maximum absolute atomic E-state index is 11.9. The van der Waals surface area contributed by atoms with E-state index < -0.39 is 0 Å². The number of aliphatic hydroxyl groups excluding tert-OH is 1. The topological polar surface area (TPSA) is 50.2 Å². The number of aromatic nitrogens is 1. The molecule has 0 aliphatic carbocycles. The van der Waals surface area contributed by atoms with Crippen LogP contribution in [0.25, 0.3) is 10.9 Å². The van der Waals surface area contributed by atoms with Crippen LogP contribution in [0.4, 0.5) is 0 Å². The molecule has 0 bridgehead atoms. The minimum atomic E-state index is 0.0401. The molecule has 2 rings (SSSR count). The fourth-order valence-electron chi connectivity index (χ4n) is 1.70. The smallest absolute Gasteiger partial charge is 0.165 e. The van der Waals surface area contributed by atoms with Crippen LogP contribution >= 0.6 is 0 Å². The maximum atomic E-state index is 11.9. The molecular weight excluding hydrogens is 202 g/mol. The average molecular weight is 215 g/mol. The van der Waals surface area contributed by atoms with Crippen LogP contribution in [-0.4, -0.2) is 22.5 Å². The molecule has 3 heteroatoms. The molecule has 0 saturated heterocycles. The predicted molar refractivity (Wildman–Crippen MR) is 62.4 cm³/mol. The molecule has 0 atom stereocenters. The first-order chi connectivity index (χ1) is 7.83. The zero-order valence-electron chi connectivity index (χ0n) is 8.89. The van der Waals surface area contributed by atoms with Crippen LogP contribution in [0, 0.1) is 0 Å². The van der Waals surface area contributed by atoms with Gasteiger partial charge >= 0.3 is 0 Å². The normalized spacial score (nSPS) is 10.6. The van der Waals surface area contributed by atoms with Crippen LogP contribution in [0.5, 0.6) is 0 Å². The minimum absolute atomic E-state index is 0.0401. The fraction of sp³-hybridized carbons (Fsp3) is 0.231. The van der Waals surface area contributed by atoms with Gasteiger partial charge in [0.15, 0.2) is 5.78 Å². The monoisotopic (exact) mass is 215 g/mol. The van der Waals surface area contributed by atoms with E-state index in [1.165, 1.54) is 0 Å². The van der Waals surface area contributed by atoms with Gasteiger partial charge in [-0.05, 0) is 18.6 Å². The van der Waals surface area contributed by atoms with Gasteiger partial charge in [0.25, 0.3) is 0 Å². The van der Waals surface area contributed by atoms with Gasteiger partial charge in [0, 0.05) is 30.2 Å². The van der Waals surface area contributed by atoms with Crippen molar-refractivity contribution >= 4 is 16.7 Å². The van der Waals surface area contributed by atoms with Crippen molar-refractivity contribution in [1.82, 2.24) is 4.98 Å². The Bertz CT molecular complexity index is 503. The van der Waals surface area contributed by atoms with Crippen LogP contribution in [0.15, 0.2) is 36.5 Å². The Kier molecular flexibility index (Phi) is 3.27. The molecule has 0 fully saturated rings. The van der Waals surface area contributed by atoms with Gasteiger partial charge in [0.2, 0.25) is 0 Å². The highest BCUT2D eigenvalue weighted by molar-refractivity contribution is 6.06. The Hall–Kier alpha value is -1.74. The third-order valence-electron chi connectivity index (χ3n) is 2.50. The van der Waals surface area contributed by atoms with Crippen molar-refractivity contribution in [3.63, 3.8) is 0 Å². The molecule has 0 saturated carbocycles. The molecule has 16 heavy (non-hydrogen) atoms. The zero-order chi connectivity index (χ0) is 11.4. The number of nitrogens with zero attached hydrogens (tertiary/aromatic N) is 1. The van der Waals surface area contributed by atoms with Crippen LogP contribution in [0.1, 0.15) is 23.2 Å².